The van der Waals surface area contributed by atoms with E-state index in [2.05, 4.69) is 29.1 Å². The predicted octanol–water partition coefficient (Wildman–Crippen LogP) is 0.929. The van der Waals surface area contributed by atoms with Crippen molar-refractivity contribution >= 4 is 5.91 Å². The smallest absolute Gasteiger partial charge is 0.222 e. The number of hydrogen-bond donors (Lipinski definition) is 1. The Morgan fingerprint density at radius 1 is 1.28 bits per heavy atom. The average molecular weight is 253 g/mol. The van der Waals surface area contributed by atoms with E-state index in [1.54, 1.807) is 0 Å². The van der Waals surface area contributed by atoms with Gasteiger partial charge in [0.05, 0.1) is 0 Å². The number of carbonyl (C=O) groups is 1. The third-order valence-corrected chi connectivity index (χ3v) is 4.54. The van der Waals surface area contributed by atoms with Gasteiger partial charge in [-0.25, -0.2) is 0 Å². The van der Waals surface area contributed by atoms with Crippen LogP contribution in [0.1, 0.15) is 32.6 Å². The van der Waals surface area contributed by atoms with Gasteiger partial charge in [-0.3, -0.25) is 4.79 Å². The molecule has 2 fully saturated rings. The molecule has 2 saturated heterocycles. The summed E-state index contributed by atoms with van der Waals surface area (Å²) in [6, 6.07) is 0.501. The van der Waals surface area contributed by atoms with E-state index in [0.29, 0.717) is 11.9 Å². The van der Waals surface area contributed by atoms with Gasteiger partial charge in [0, 0.05) is 32.1 Å². The third-order valence-electron chi connectivity index (χ3n) is 4.54. The molecule has 1 unspecified atom stereocenters. The van der Waals surface area contributed by atoms with Gasteiger partial charge < -0.3 is 15.1 Å². The van der Waals surface area contributed by atoms with E-state index in [0.717, 1.165) is 51.5 Å². The molecule has 104 valence electrons. The molecular formula is C14H27N3O. The van der Waals surface area contributed by atoms with Crippen molar-refractivity contribution in [3.63, 3.8) is 0 Å². The topological polar surface area (TPSA) is 35.6 Å². The summed E-state index contributed by atoms with van der Waals surface area (Å²) >= 11 is 0. The normalized spacial score (nSPS) is 27.4. The number of nitrogens with zero attached hydrogens (tertiary/aromatic N) is 2. The van der Waals surface area contributed by atoms with Crippen LogP contribution in [-0.4, -0.2) is 61.5 Å². The molecule has 2 aliphatic rings. The lowest BCUT2D eigenvalue weighted by Crippen LogP contribution is -2.52. The summed E-state index contributed by atoms with van der Waals surface area (Å²) in [6.07, 6.45) is 4.32. The highest BCUT2D eigenvalue weighted by Crippen LogP contribution is 2.19. The largest absolute Gasteiger partial charge is 0.340 e. The van der Waals surface area contributed by atoms with Gasteiger partial charge in [0.2, 0.25) is 5.91 Å². The quantitative estimate of drug-likeness (QED) is 0.813. The van der Waals surface area contributed by atoms with E-state index in [9.17, 15) is 4.79 Å². The van der Waals surface area contributed by atoms with E-state index in [1.807, 2.05) is 0 Å². The predicted molar refractivity (Wildman–Crippen MR) is 73.5 cm³/mol. The third kappa shape index (κ3) is 3.69. The molecular weight excluding hydrogens is 226 g/mol. The zero-order valence-electron chi connectivity index (χ0n) is 11.8. The van der Waals surface area contributed by atoms with Crippen LogP contribution < -0.4 is 5.32 Å². The first-order chi connectivity index (χ1) is 8.66. The van der Waals surface area contributed by atoms with Crippen molar-refractivity contribution in [3.8, 4) is 0 Å². The molecule has 0 saturated carbocycles. The molecule has 1 amide bonds. The van der Waals surface area contributed by atoms with E-state index in [4.69, 9.17) is 0 Å². The van der Waals surface area contributed by atoms with Crippen molar-refractivity contribution in [1.29, 1.82) is 0 Å². The van der Waals surface area contributed by atoms with Crippen LogP contribution in [0.3, 0.4) is 0 Å². The maximum Gasteiger partial charge on any atom is 0.222 e. The molecule has 1 N–H and O–H groups in total. The molecule has 0 radical (unpaired) electrons. The number of piperidine rings is 1. The maximum absolute atomic E-state index is 12.2. The van der Waals surface area contributed by atoms with E-state index < -0.39 is 0 Å². The van der Waals surface area contributed by atoms with Crippen LogP contribution in [0.2, 0.25) is 0 Å². The standard InChI is InChI=1S/C14H27N3O/c1-12-11-17(10-9-16(12)2)14(18)4-3-13-5-7-15-8-6-13/h12-13,15H,3-11H2,1-2H3. The molecule has 0 aromatic heterocycles. The SMILES string of the molecule is CC1CN(C(=O)CCC2CCNCC2)CCN1C. The van der Waals surface area contributed by atoms with E-state index >= 15 is 0 Å². The van der Waals surface area contributed by atoms with Crippen molar-refractivity contribution < 1.29 is 4.79 Å². The lowest BCUT2D eigenvalue weighted by molar-refractivity contribution is -0.134. The molecule has 2 rings (SSSR count). The van der Waals surface area contributed by atoms with Crippen molar-refractivity contribution in [3.05, 3.63) is 0 Å². The number of piperazine rings is 1. The second-order valence-electron chi connectivity index (χ2n) is 5.90. The number of rotatable bonds is 3. The van der Waals surface area contributed by atoms with Gasteiger partial charge in [0.1, 0.15) is 0 Å². The highest BCUT2D eigenvalue weighted by atomic mass is 16.2. The second kappa shape index (κ2) is 6.53. The Balaban J connectivity index is 1.70. The van der Waals surface area contributed by atoms with Gasteiger partial charge in [0.25, 0.3) is 0 Å². The van der Waals surface area contributed by atoms with Crippen LogP contribution in [0, 0.1) is 5.92 Å². The van der Waals surface area contributed by atoms with Gasteiger partial charge in [-0.1, -0.05) is 0 Å². The lowest BCUT2D eigenvalue weighted by Gasteiger charge is -2.38. The fourth-order valence-corrected chi connectivity index (χ4v) is 2.93. The molecule has 4 heteroatoms. The molecule has 0 bridgehead atoms. The highest BCUT2D eigenvalue weighted by molar-refractivity contribution is 5.76. The second-order valence-corrected chi connectivity index (χ2v) is 5.90. The van der Waals surface area contributed by atoms with Gasteiger partial charge >= 0.3 is 0 Å². The monoisotopic (exact) mass is 253 g/mol. The summed E-state index contributed by atoms with van der Waals surface area (Å²) in [4.78, 5) is 16.6. The average Bonchev–Trinajstić information content (AvgIpc) is 2.40. The molecule has 4 nitrogen and oxygen atoms in total. The fourth-order valence-electron chi connectivity index (χ4n) is 2.93. The zero-order valence-corrected chi connectivity index (χ0v) is 11.8. The van der Waals surface area contributed by atoms with Gasteiger partial charge in [0.15, 0.2) is 0 Å². The van der Waals surface area contributed by atoms with Crippen LogP contribution in [0.5, 0.6) is 0 Å². The summed E-state index contributed by atoms with van der Waals surface area (Å²) in [5.41, 5.74) is 0. The first-order valence-electron chi connectivity index (χ1n) is 7.35. The Kier molecular flexibility index (Phi) is 5.01. The number of carbonyl (C=O) groups excluding carboxylic acids is 1. The van der Waals surface area contributed by atoms with Crippen molar-refractivity contribution in [2.24, 2.45) is 5.92 Å². The minimum Gasteiger partial charge on any atom is -0.340 e. The molecule has 2 heterocycles. The minimum absolute atomic E-state index is 0.369. The molecule has 18 heavy (non-hydrogen) atoms. The Bertz CT molecular complexity index is 276. The summed E-state index contributed by atoms with van der Waals surface area (Å²) in [5, 5.41) is 3.38. The van der Waals surface area contributed by atoms with Crippen LogP contribution in [-0.2, 0) is 4.79 Å². The van der Waals surface area contributed by atoms with Gasteiger partial charge in [-0.2, -0.15) is 0 Å². The Morgan fingerprint density at radius 2 is 2.00 bits per heavy atom. The summed E-state index contributed by atoms with van der Waals surface area (Å²) < 4.78 is 0. The molecule has 1 atom stereocenters. The lowest BCUT2D eigenvalue weighted by atomic mass is 9.93. The maximum atomic E-state index is 12.2. The Labute approximate surface area is 111 Å². The number of amides is 1. The number of nitrogens with one attached hydrogen (secondary N) is 1. The molecule has 2 aliphatic heterocycles. The fraction of sp³-hybridized carbons (Fsp3) is 0.929. The molecule has 0 aromatic rings. The van der Waals surface area contributed by atoms with Gasteiger partial charge in [-0.15, -0.1) is 0 Å². The van der Waals surface area contributed by atoms with E-state index in [1.165, 1.54) is 12.8 Å². The van der Waals surface area contributed by atoms with Crippen LogP contribution >= 0.6 is 0 Å². The van der Waals surface area contributed by atoms with Crippen molar-refractivity contribution in [2.75, 3.05) is 39.8 Å². The van der Waals surface area contributed by atoms with Crippen LogP contribution in [0.4, 0.5) is 0 Å². The molecule has 0 aromatic carbocycles. The summed E-state index contributed by atoms with van der Waals surface area (Å²) in [7, 11) is 2.14. The van der Waals surface area contributed by atoms with E-state index in [-0.39, 0.29) is 0 Å². The highest BCUT2D eigenvalue weighted by Gasteiger charge is 2.24. The molecule has 0 spiro atoms. The number of hydrogen-bond acceptors (Lipinski definition) is 3. The first-order valence-corrected chi connectivity index (χ1v) is 7.35. The van der Waals surface area contributed by atoms with Crippen LogP contribution in [0.15, 0.2) is 0 Å². The van der Waals surface area contributed by atoms with Gasteiger partial charge in [-0.05, 0) is 52.2 Å². The summed E-state index contributed by atoms with van der Waals surface area (Å²) in [6.45, 7) is 7.29. The van der Waals surface area contributed by atoms with Crippen molar-refractivity contribution in [2.45, 2.75) is 38.6 Å². The summed E-state index contributed by atoms with van der Waals surface area (Å²) in [5.74, 6) is 1.13. The Morgan fingerprint density at radius 3 is 2.67 bits per heavy atom. The zero-order chi connectivity index (χ0) is 13.0. The Hall–Kier alpha value is -0.610. The first kappa shape index (κ1) is 13.8. The van der Waals surface area contributed by atoms with Crippen molar-refractivity contribution in [1.82, 2.24) is 15.1 Å². The minimum atomic E-state index is 0.369. The molecule has 0 aliphatic carbocycles. The van der Waals surface area contributed by atoms with Crippen LogP contribution in [0.25, 0.3) is 0 Å². The number of likely N-dealkylation sites (N-methyl/N-ethyl adjacent to an activating group) is 1.